The van der Waals surface area contributed by atoms with E-state index in [0.717, 1.165) is 11.3 Å². The number of nitrogens with zero attached hydrogens (tertiary/aromatic N) is 1. The molecule has 2 atom stereocenters. The van der Waals surface area contributed by atoms with Crippen molar-refractivity contribution in [2.75, 3.05) is 12.0 Å². The molecular weight excluding hydrogens is 382 g/mol. The smallest absolute Gasteiger partial charge is 0.246 e. The van der Waals surface area contributed by atoms with Crippen molar-refractivity contribution < 1.29 is 9.53 Å². The van der Waals surface area contributed by atoms with Crippen LogP contribution in [0.25, 0.3) is 0 Å². The molecule has 2 aromatic rings. The van der Waals surface area contributed by atoms with Gasteiger partial charge in [0.2, 0.25) is 5.91 Å². The first-order valence-corrected chi connectivity index (χ1v) is 9.31. The number of hydrogen-bond donors (Lipinski definition) is 1. The molecule has 0 saturated carbocycles. The first-order valence-electron chi connectivity index (χ1n) is 7.13. The van der Waals surface area contributed by atoms with Gasteiger partial charge in [0, 0.05) is 5.02 Å². The fourth-order valence-electron chi connectivity index (χ4n) is 2.44. The molecule has 3 rings (SSSR count). The molecule has 0 bridgehead atoms. The molecule has 3 nitrogen and oxygen atoms in total. The molecule has 1 aliphatic heterocycles. The number of ether oxygens (including phenoxy) is 1. The van der Waals surface area contributed by atoms with Crippen LogP contribution in [-0.4, -0.2) is 22.6 Å². The van der Waals surface area contributed by atoms with E-state index >= 15 is 0 Å². The highest BCUT2D eigenvalue weighted by Crippen LogP contribution is 2.43. The predicted octanol–water partition coefficient (Wildman–Crippen LogP) is 4.75. The number of halogens is 1. The molecule has 1 fully saturated rings. The van der Waals surface area contributed by atoms with Crippen LogP contribution in [0.4, 0.5) is 5.69 Å². The molecule has 24 heavy (non-hydrogen) atoms. The lowest BCUT2D eigenvalue weighted by molar-refractivity contribution is -0.117. The number of carbonyl (C=O) groups excluding carboxylic acids is 1. The number of benzene rings is 2. The lowest BCUT2D eigenvalue weighted by Crippen LogP contribution is -2.46. The number of carbonyl (C=O) groups is 1. The van der Waals surface area contributed by atoms with Crippen LogP contribution in [0.5, 0.6) is 5.75 Å². The first-order chi connectivity index (χ1) is 11.5. The van der Waals surface area contributed by atoms with Gasteiger partial charge in [-0.1, -0.05) is 47.7 Å². The fraction of sp³-hybridized carbons (Fsp3) is 0.176. The van der Waals surface area contributed by atoms with E-state index in [1.54, 1.807) is 31.4 Å². The third-order valence-corrected chi connectivity index (χ3v) is 6.33. The van der Waals surface area contributed by atoms with Gasteiger partial charge in [-0.25, -0.2) is 0 Å². The van der Waals surface area contributed by atoms with Crippen LogP contribution in [-0.2, 0) is 4.79 Å². The van der Waals surface area contributed by atoms with E-state index in [9.17, 15) is 4.79 Å². The molecule has 0 aliphatic carbocycles. The van der Waals surface area contributed by atoms with Gasteiger partial charge in [-0.05, 0) is 42.0 Å². The highest BCUT2D eigenvalue weighted by atomic mass is 35.5. The molecule has 0 aromatic heterocycles. The van der Waals surface area contributed by atoms with E-state index in [1.165, 1.54) is 16.7 Å². The van der Waals surface area contributed by atoms with Crippen LogP contribution in [0.3, 0.4) is 0 Å². The molecule has 1 amide bonds. The van der Waals surface area contributed by atoms with Crippen molar-refractivity contribution in [3.05, 3.63) is 59.1 Å². The number of rotatable bonds is 3. The topological polar surface area (TPSA) is 29.5 Å². The Hall–Kier alpha value is -1.21. The van der Waals surface area contributed by atoms with Gasteiger partial charge in [0.15, 0.2) is 0 Å². The summed E-state index contributed by atoms with van der Waals surface area (Å²) in [6.07, 6.45) is 0. The maximum atomic E-state index is 12.8. The number of thiol groups is 1. The maximum absolute atomic E-state index is 12.8. The number of anilines is 1. The van der Waals surface area contributed by atoms with E-state index in [-0.39, 0.29) is 11.2 Å². The maximum Gasteiger partial charge on any atom is 0.246 e. The van der Waals surface area contributed by atoms with Gasteiger partial charge in [-0.15, -0.1) is 0 Å². The highest BCUT2D eigenvalue weighted by molar-refractivity contribution is 8.24. The van der Waals surface area contributed by atoms with Gasteiger partial charge in [-0.3, -0.25) is 9.69 Å². The SMILES string of the molecule is COc1ccc(N2C(=O)[C@@H](S)[C@@H](c3ccc(Cl)cc3)SC2=S)cc1. The Morgan fingerprint density at radius 3 is 2.38 bits per heavy atom. The Bertz CT molecular complexity index is 764. The Balaban J connectivity index is 1.87. The molecule has 0 unspecified atom stereocenters. The van der Waals surface area contributed by atoms with Crippen LogP contribution in [0.1, 0.15) is 10.8 Å². The van der Waals surface area contributed by atoms with Crippen molar-refractivity contribution in [2.24, 2.45) is 0 Å². The summed E-state index contributed by atoms with van der Waals surface area (Å²) in [4.78, 5) is 14.4. The summed E-state index contributed by atoms with van der Waals surface area (Å²) in [5.41, 5.74) is 1.70. The molecule has 7 heteroatoms. The number of amides is 1. The molecule has 0 radical (unpaired) electrons. The van der Waals surface area contributed by atoms with Crippen molar-refractivity contribution in [1.29, 1.82) is 0 Å². The lowest BCUT2D eigenvalue weighted by atomic mass is 10.1. The summed E-state index contributed by atoms with van der Waals surface area (Å²) >= 11 is 17.4. The van der Waals surface area contributed by atoms with Crippen molar-refractivity contribution in [2.45, 2.75) is 10.5 Å². The summed E-state index contributed by atoms with van der Waals surface area (Å²) in [6, 6.07) is 14.6. The molecule has 1 saturated heterocycles. The van der Waals surface area contributed by atoms with Crippen LogP contribution >= 0.6 is 48.2 Å². The average Bonchev–Trinajstić information content (AvgIpc) is 2.60. The van der Waals surface area contributed by atoms with Gasteiger partial charge in [-0.2, -0.15) is 12.6 Å². The van der Waals surface area contributed by atoms with Gasteiger partial charge < -0.3 is 4.74 Å². The molecule has 0 spiro atoms. The average molecular weight is 396 g/mol. The minimum absolute atomic E-state index is 0.132. The Morgan fingerprint density at radius 1 is 1.17 bits per heavy atom. The summed E-state index contributed by atoms with van der Waals surface area (Å²) in [5, 5.41) is 0.0223. The van der Waals surface area contributed by atoms with Crippen molar-refractivity contribution in [1.82, 2.24) is 0 Å². The standard InChI is InChI=1S/C17H14ClNO2S3/c1-21-13-8-6-12(7-9-13)19-16(20)14(22)15(24-17(19)23)10-2-4-11(18)5-3-10/h2-9,14-15,22H,1H3/t14-,15+/m0/s1. The minimum atomic E-state index is -0.495. The zero-order valence-electron chi connectivity index (χ0n) is 12.7. The lowest BCUT2D eigenvalue weighted by Gasteiger charge is -2.35. The monoisotopic (exact) mass is 395 g/mol. The molecular formula is C17H14ClNO2S3. The first kappa shape index (κ1) is 17.6. The van der Waals surface area contributed by atoms with E-state index in [1.807, 2.05) is 24.3 Å². The van der Waals surface area contributed by atoms with Crippen molar-refractivity contribution >= 4 is 64.1 Å². The van der Waals surface area contributed by atoms with Crippen LogP contribution in [0.2, 0.25) is 5.02 Å². The van der Waals surface area contributed by atoms with Crippen LogP contribution in [0.15, 0.2) is 48.5 Å². The second-order valence-electron chi connectivity index (χ2n) is 5.17. The summed E-state index contributed by atoms with van der Waals surface area (Å²) < 4.78 is 5.66. The largest absolute Gasteiger partial charge is 0.497 e. The Morgan fingerprint density at radius 2 is 1.79 bits per heavy atom. The van der Waals surface area contributed by atoms with Crippen LogP contribution in [0, 0.1) is 0 Å². The van der Waals surface area contributed by atoms with Crippen LogP contribution < -0.4 is 9.64 Å². The predicted molar refractivity (Wildman–Crippen MR) is 108 cm³/mol. The number of hydrogen-bond acceptors (Lipinski definition) is 5. The molecule has 124 valence electrons. The molecule has 1 aliphatic rings. The van der Waals surface area contributed by atoms with E-state index in [0.29, 0.717) is 15.0 Å². The fourth-order valence-corrected chi connectivity index (χ4v) is 4.60. The number of thiocarbonyl (C=S) groups is 1. The number of thioether (sulfide) groups is 1. The quantitative estimate of drug-likeness (QED) is 0.599. The summed E-state index contributed by atoms with van der Waals surface area (Å²) in [5.74, 6) is 0.593. The van der Waals surface area contributed by atoms with Gasteiger partial charge in [0.25, 0.3) is 0 Å². The van der Waals surface area contributed by atoms with Crippen molar-refractivity contribution in [3.8, 4) is 5.75 Å². The van der Waals surface area contributed by atoms with Crippen molar-refractivity contribution in [3.63, 3.8) is 0 Å². The third-order valence-electron chi connectivity index (χ3n) is 3.70. The third kappa shape index (κ3) is 3.42. The number of methoxy groups -OCH3 is 1. The molecule has 2 aromatic carbocycles. The normalized spacial score (nSPS) is 21.0. The molecule has 1 heterocycles. The Kier molecular flexibility index (Phi) is 5.39. The Labute approximate surface area is 160 Å². The van der Waals surface area contributed by atoms with E-state index in [4.69, 9.17) is 28.6 Å². The summed E-state index contributed by atoms with van der Waals surface area (Å²) in [7, 11) is 1.60. The second kappa shape index (κ2) is 7.35. The zero-order valence-corrected chi connectivity index (χ0v) is 16.0. The molecule has 0 N–H and O–H groups in total. The van der Waals surface area contributed by atoms with Gasteiger partial charge in [0.05, 0.1) is 23.3 Å². The van der Waals surface area contributed by atoms with Gasteiger partial charge in [0.1, 0.15) is 10.1 Å². The highest BCUT2D eigenvalue weighted by Gasteiger charge is 2.39. The second-order valence-corrected chi connectivity index (χ2v) is 7.94. The minimum Gasteiger partial charge on any atom is -0.497 e. The summed E-state index contributed by atoms with van der Waals surface area (Å²) in [6.45, 7) is 0. The van der Waals surface area contributed by atoms with E-state index < -0.39 is 5.25 Å². The van der Waals surface area contributed by atoms with Gasteiger partial charge >= 0.3 is 0 Å². The zero-order chi connectivity index (χ0) is 17.3. The van der Waals surface area contributed by atoms with E-state index in [2.05, 4.69) is 12.6 Å².